The van der Waals surface area contributed by atoms with Crippen LogP contribution in [-0.4, -0.2) is 37.0 Å². The topological polar surface area (TPSA) is 69.0 Å². The normalized spacial score (nSPS) is 15.3. The number of nitrogens with zero attached hydrogens (tertiary/aromatic N) is 3. The van der Waals surface area contributed by atoms with Crippen molar-refractivity contribution in [2.75, 3.05) is 24.5 Å². The summed E-state index contributed by atoms with van der Waals surface area (Å²) >= 11 is 6.17. The predicted molar refractivity (Wildman–Crippen MR) is 92.0 cm³/mol. The fourth-order valence-electron chi connectivity index (χ4n) is 3.05. The van der Waals surface area contributed by atoms with Crippen LogP contribution in [0.3, 0.4) is 0 Å². The Hall–Kier alpha value is -1.94. The summed E-state index contributed by atoms with van der Waals surface area (Å²) in [5, 5.41) is 12.2. The summed E-state index contributed by atoms with van der Waals surface area (Å²) in [5.41, 5.74) is 1.88. The minimum atomic E-state index is -2.53. The van der Waals surface area contributed by atoms with Gasteiger partial charge >= 0.3 is 0 Å². The number of pyridine rings is 1. The molecule has 2 rings (SSSR count). The zero-order chi connectivity index (χ0) is 18.6. The third-order valence-electron chi connectivity index (χ3n) is 4.47. The summed E-state index contributed by atoms with van der Waals surface area (Å²) in [6, 6.07) is 2.18. The summed E-state index contributed by atoms with van der Waals surface area (Å²) in [7, 11) is 0. The highest BCUT2D eigenvalue weighted by molar-refractivity contribution is 6.32. The van der Waals surface area contributed by atoms with E-state index in [0.717, 1.165) is 18.4 Å². The van der Waals surface area contributed by atoms with E-state index < -0.39 is 13.0 Å². The Morgan fingerprint density at radius 3 is 2.64 bits per heavy atom. The Labute approximate surface area is 151 Å². The van der Waals surface area contributed by atoms with Gasteiger partial charge in [0.1, 0.15) is 11.9 Å². The molecule has 136 valence electrons. The van der Waals surface area contributed by atoms with E-state index in [-0.39, 0.29) is 18.2 Å². The quantitative estimate of drug-likeness (QED) is 0.864. The number of halogens is 3. The smallest absolute Gasteiger partial charge is 0.255 e. The van der Waals surface area contributed by atoms with Crippen LogP contribution in [0.5, 0.6) is 0 Å². The van der Waals surface area contributed by atoms with E-state index in [1.165, 1.54) is 0 Å². The molecular formula is C17H21ClF2N4O. The van der Waals surface area contributed by atoms with Gasteiger partial charge in [-0.1, -0.05) is 11.6 Å². The predicted octanol–water partition coefficient (Wildman–Crippen LogP) is 3.21. The van der Waals surface area contributed by atoms with Gasteiger partial charge in [-0.2, -0.15) is 5.26 Å². The molecule has 1 aromatic rings. The molecule has 1 aromatic heterocycles. The number of rotatable bonds is 5. The summed E-state index contributed by atoms with van der Waals surface area (Å²) < 4.78 is 24.2. The van der Waals surface area contributed by atoms with E-state index >= 15 is 0 Å². The van der Waals surface area contributed by atoms with Gasteiger partial charge in [0, 0.05) is 19.5 Å². The van der Waals surface area contributed by atoms with E-state index in [0.29, 0.717) is 35.2 Å². The second kappa shape index (κ2) is 8.43. The molecule has 0 atom stereocenters. The Kier molecular flexibility index (Phi) is 6.54. The summed E-state index contributed by atoms with van der Waals surface area (Å²) in [5.74, 6) is 0.434. The zero-order valence-corrected chi connectivity index (χ0v) is 15.0. The van der Waals surface area contributed by atoms with Crippen molar-refractivity contribution in [2.24, 2.45) is 5.92 Å². The molecule has 0 aliphatic carbocycles. The van der Waals surface area contributed by atoms with Crippen LogP contribution in [-0.2, 0) is 4.79 Å². The second-order valence-corrected chi connectivity index (χ2v) is 6.65. The van der Waals surface area contributed by atoms with Crippen LogP contribution in [0.25, 0.3) is 0 Å². The molecule has 5 nitrogen and oxygen atoms in total. The Balaban J connectivity index is 1.99. The summed E-state index contributed by atoms with van der Waals surface area (Å²) in [4.78, 5) is 18.2. The largest absolute Gasteiger partial charge is 0.355 e. The minimum Gasteiger partial charge on any atom is -0.355 e. The van der Waals surface area contributed by atoms with Crippen molar-refractivity contribution in [3.8, 4) is 6.07 Å². The number of hydrogen-bond acceptors (Lipinski definition) is 4. The fraction of sp³-hybridized carbons (Fsp3) is 0.588. The number of alkyl halides is 2. The van der Waals surface area contributed by atoms with Crippen LogP contribution in [0.4, 0.5) is 14.6 Å². The molecule has 1 fully saturated rings. The minimum absolute atomic E-state index is 0.147. The lowest BCUT2D eigenvalue weighted by molar-refractivity contribution is -0.122. The highest BCUT2D eigenvalue weighted by Gasteiger charge is 2.25. The van der Waals surface area contributed by atoms with E-state index in [4.69, 9.17) is 11.6 Å². The molecule has 2 heterocycles. The van der Waals surface area contributed by atoms with Crippen molar-refractivity contribution in [2.45, 2.75) is 39.5 Å². The van der Waals surface area contributed by atoms with Gasteiger partial charge in [-0.05, 0) is 38.2 Å². The van der Waals surface area contributed by atoms with Crippen molar-refractivity contribution in [3.63, 3.8) is 0 Å². The van der Waals surface area contributed by atoms with Crippen molar-refractivity contribution in [1.29, 1.82) is 5.26 Å². The molecule has 1 aliphatic rings. The maximum Gasteiger partial charge on any atom is 0.255 e. The molecule has 0 bridgehead atoms. The van der Waals surface area contributed by atoms with Crippen LogP contribution in [0, 0.1) is 31.1 Å². The molecule has 1 amide bonds. The molecule has 0 unspecified atom stereocenters. The van der Waals surface area contributed by atoms with Gasteiger partial charge in [-0.3, -0.25) is 4.79 Å². The number of aromatic nitrogens is 1. The third-order valence-corrected chi connectivity index (χ3v) is 5.03. The summed E-state index contributed by atoms with van der Waals surface area (Å²) in [6.07, 6.45) is -0.791. The SMILES string of the molecule is Cc1nc(N2CCC(CC(=O)NCC(F)F)CC2)c(C#N)c(C)c1Cl. The molecule has 1 N–H and O–H groups in total. The van der Waals surface area contributed by atoms with Crippen molar-refractivity contribution >= 4 is 23.3 Å². The molecule has 0 spiro atoms. The first-order valence-corrected chi connectivity index (χ1v) is 8.57. The Bertz CT molecular complexity index is 682. The zero-order valence-electron chi connectivity index (χ0n) is 14.3. The molecule has 25 heavy (non-hydrogen) atoms. The monoisotopic (exact) mass is 370 g/mol. The van der Waals surface area contributed by atoms with Gasteiger partial charge in [0.05, 0.1) is 22.8 Å². The first-order valence-electron chi connectivity index (χ1n) is 8.20. The van der Waals surface area contributed by atoms with E-state index in [2.05, 4.69) is 16.4 Å². The first kappa shape index (κ1) is 19.4. The third kappa shape index (κ3) is 4.79. The van der Waals surface area contributed by atoms with Crippen LogP contribution < -0.4 is 10.2 Å². The van der Waals surface area contributed by atoms with Crippen LogP contribution in [0.2, 0.25) is 5.02 Å². The molecule has 1 saturated heterocycles. The van der Waals surface area contributed by atoms with E-state index in [1.807, 2.05) is 4.90 Å². The number of amides is 1. The first-order chi connectivity index (χ1) is 11.8. The summed E-state index contributed by atoms with van der Waals surface area (Å²) in [6.45, 7) is 4.33. The van der Waals surface area contributed by atoms with Crippen LogP contribution in [0.1, 0.15) is 36.1 Å². The average Bonchev–Trinajstić information content (AvgIpc) is 2.58. The van der Waals surface area contributed by atoms with Gasteiger partial charge in [-0.15, -0.1) is 0 Å². The molecule has 0 radical (unpaired) electrons. The van der Waals surface area contributed by atoms with Crippen LogP contribution in [0.15, 0.2) is 0 Å². The van der Waals surface area contributed by atoms with Crippen molar-refractivity contribution in [3.05, 3.63) is 21.8 Å². The lowest BCUT2D eigenvalue weighted by atomic mass is 9.93. The average molecular weight is 371 g/mol. The van der Waals surface area contributed by atoms with Gasteiger partial charge in [0.2, 0.25) is 5.91 Å². The maximum absolute atomic E-state index is 12.1. The van der Waals surface area contributed by atoms with E-state index in [1.54, 1.807) is 13.8 Å². The second-order valence-electron chi connectivity index (χ2n) is 6.28. The number of aryl methyl sites for hydroxylation is 1. The van der Waals surface area contributed by atoms with E-state index in [9.17, 15) is 18.8 Å². The number of anilines is 1. The maximum atomic E-state index is 12.1. The lowest BCUT2D eigenvalue weighted by Crippen LogP contribution is -2.37. The van der Waals surface area contributed by atoms with Gasteiger partial charge in [0.25, 0.3) is 6.43 Å². The molecule has 8 heteroatoms. The lowest BCUT2D eigenvalue weighted by Gasteiger charge is -2.33. The highest BCUT2D eigenvalue weighted by Crippen LogP contribution is 2.31. The number of carbonyl (C=O) groups excluding carboxylic acids is 1. The van der Waals surface area contributed by atoms with Gasteiger partial charge < -0.3 is 10.2 Å². The number of nitrogens with one attached hydrogen (secondary N) is 1. The van der Waals surface area contributed by atoms with Crippen molar-refractivity contribution < 1.29 is 13.6 Å². The fourth-order valence-corrected chi connectivity index (χ4v) is 3.19. The van der Waals surface area contributed by atoms with Crippen LogP contribution >= 0.6 is 11.6 Å². The Morgan fingerprint density at radius 1 is 1.44 bits per heavy atom. The van der Waals surface area contributed by atoms with Crippen molar-refractivity contribution in [1.82, 2.24) is 10.3 Å². The number of carbonyl (C=O) groups is 1. The Morgan fingerprint density at radius 2 is 2.08 bits per heavy atom. The molecular weight excluding hydrogens is 350 g/mol. The molecule has 0 saturated carbocycles. The number of hydrogen-bond donors (Lipinski definition) is 1. The highest BCUT2D eigenvalue weighted by atomic mass is 35.5. The number of nitriles is 1. The number of piperidine rings is 1. The van der Waals surface area contributed by atoms with Gasteiger partial charge in [-0.25, -0.2) is 13.8 Å². The molecule has 1 aliphatic heterocycles. The molecule has 0 aromatic carbocycles. The standard InChI is InChI=1S/C17H21ClF2N4O/c1-10-13(8-21)17(23-11(2)16(10)18)24-5-3-12(4-6-24)7-15(25)22-9-14(19)20/h12,14H,3-7,9H2,1-2H3,(H,22,25). The van der Waals surface area contributed by atoms with Gasteiger partial charge in [0.15, 0.2) is 0 Å².